The predicted octanol–water partition coefficient (Wildman–Crippen LogP) is 2.26. The van der Waals surface area contributed by atoms with Crippen LogP contribution < -0.4 is 31.4 Å². The second-order valence-electron chi connectivity index (χ2n) is 8.31. The molecule has 6 rings (SSSR count). The van der Waals surface area contributed by atoms with E-state index >= 15 is 0 Å². The summed E-state index contributed by atoms with van der Waals surface area (Å²) in [5, 5.41) is 1.29. The van der Waals surface area contributed by atoms with E-state index < -0.39 is 0 Å². The van der Waals surface area contributed by atoms with Gasteiger partial charge in [0.25, 0.3) is 0 Å². The summed E-state index contributed by atoms with van der Waals surface area (Å²) in [5.74, 6) is 2.22. The number of thiazole rings is 1. The van der Waals surface area contributed by atoms with Gasteiger partial charge in [0.15, 0.2) is 11.5 Å². The third-order valence-corrected chi connectivity index (χ3v) is 7.64. The van der Waals surface area contributed by atoms with Gasteiger partial charge in [0.1, 0.15) is 6.17 Å². The Kier molecular flexibility index (Phi) is 5.23. The van der Waals surface area contributed by atoms with Crippen molar-refractivity contribution in [2.24, 2.45) is 0 Å². The van der Waals surface area contributed by atoms with E-state index in [1.807, 2.05) is 17.4 Å². The Hall–Kier alpha value is -2.27. The predicted molar refractivity (Wildman–Crippen MR) is 120 cm³/mol. The molecule has 1 aromatic heterocycles. The summed E-state index contributed by atoms with van der Waals surface area (Å²) in [5.41, 5.74) is 14.9. The van der Waals surface area contributed by atoms with E-state index in [1.54, 1.807) is 0 Å². The van der Waals surface area contributed by atoms with Crippen LogP contribution in [0.2, 0.25) is 0 Å². The van der Waals surface area contributed by atoms with Gasteiger partial charge in [-0.1, -0.05) is 18.2 Å². The second-order valence-corrected chi connectivity index (χ2v) is 9.37. The van der Waals surface area contributed by atoms with Crippen molar-refractivity contribution in [3.8, 4) is 11.5 Å². The largest absolute Gasteiger partial charge is 0.454 e. The van der Waals surface area contributed by atoms with Gasteiger partial charge in [0.05, 0.1) is 15.2 Å². The molecule has 0 bridgehead atoms. The molecule has 3 aliphatic rings. The Balaban J connectivity index is 1.17. The molecule has 4 heterocycles. The zero-order valence-corrected chi connectivity index (χ0v) is 18.0. The van der Waals surface area contributed by atoms with Crippen LogP contribution in [0.25, 0.3) is 10.2 Å². The van der Waals surface area contributed by atoms with E-state index in [-0.39, 0.29) is 6.17 Å². The van der Waals surface area contributed by atoms with Crippen molar-refractivity contribution in [2.75, 3.05) is 19.9 Å². The molecule has 0 radical (unpaired) electrons. The van der Waals surface area contributed by atoms with Gasteiger partial charge in [-0.15, -0.1) is 11.3 Å². The average Bonchev–Trinajstić information content (AvgIpc) is 3.57. The number of fused-ring (bicyclic) bond motifs is 2. The van der Waals surface area contributed by atoms with Gasteiger partial charge in [0.2, 0.25) is 6.79 Å². The summed E-state index contributed by atoms with van der Waals surface area (Å²) in [6, 6.07) is 15.0. The van der Waals surface area contributed by atoms with Gasteiger partial charge >= 0.3 is 0 Å². The lowest BCUT2D eigenvalue weighted by atomic mass is 9.93. The van der Waals surface area contributed by atoms with Gasteiger partial charge < -0.3 is 9.47 Å². The molecule has 1 unspecified atom stereocenters. The first-order valence-electron chi connectivity index (χ1n) is 10.8. The molecule has 0 saturated carbocycles. The fourth-order valence-electron chi connectivity index (χ4n) is 4.77. The van der Waals surface area contributed by atoms with Crippen LogP contribution in [0.3, 0.4) is 0 Å². The molecule has 9 heteroatoms. The van der Waals surface area contributed by atoms with Gasteiger partial charge in [0, 0.05) is 12.0 Å². The van der Waals surface area contributed by atoms with Crippen molar-refractivity contribution in [3.05, 3.63) is 53.0 Å². The van der Waals surface area contributed by atoms with Crippen molar-refractivity contribution >= 4 is 21.6 Å². The number of piperidine rings is 1. The molecule has 2 aromatic carbocycles. The number of rotatable bonds is 5. The number of nitrogens with one attached hydrogen (secondary N) is 4. The van der Waals surface area contributed by atoms with Crippen molar-refractivity contribution in [1.29, 1.82) is 0 Å². The number of para-hydroxylation sites is 1. The summed E-state index contributed by atoms with van der Waals surface area (Å²) in [6.07, 6.45) is 3.27. The Labute approximate surface area is 184 Å². The number of nitrogens with zero attached hydrogens (tertiary/aromatic N) is 2. The van der Waals surface area contributed by atoms with E-state index in [1.165, 1.54) is 15.3 Å². The third-order valence-electron chi connectivity index (χ3n) is 6.44. The SMILES string of the molecule is c1ccc2sc(C3CCN(C(Cc4ccc5c(c4)OCO5)C4NNNN4)CC3)nc2c1. The topological polar surface area (TPSA) is 82.7 Å². The fraction of sp³-hybridized carbons (Fsp3) is 0.409. The van der Waals surface area contributed by atoms with E-state index in [4.69, 9.17) is 14.5 Å². The Bertz CT molecular complexity index is 1030. The first-order valence-corrected chi connectivity index (χ1v) is 11.6. The minimum absolute atomic E-state index is 0.101. The molecule has 4 N–H and O–H groups in total. The Morgan fingerprint density at radius 1 is 1.03 bits per heavy atom. The highest BCUT2D eigenvalue weighted by molar-refractivity contribution is 7.18. The fourth-order valence-corrected chi connectivity index (χ4v) is 5.90. The van der Waals surface area contributed by atoms with E-state index in [9.17, 15) is 0 Å². The minimum Gasteiger partial charge on any atom is -0.454 e. The first kappa shape index (κ1) is 19.4. The van der Waals surface area contributed by atoms with Crippen molar-refractivity contribution in [1.82, 2.24) is 31.8 Å². The number of hydrazine groups is 3. The van der Waals surface area contributed by atoms with Crippen LogP contribution >= 0.6 is 11.3 Å². The van der Waals surface area contributed by atoms with Crippen LogP contribution in [0.1, 0.15) is 29.3 Å². The molecule has 2 saturated heterocycles. The van der Waals surface area contributed by atoms with Gasteiger partial charge in [-0.25, -0.2) is 15.8 Å². The van der Waals surface area contributed by atoms with Crippen LogP contribution in [0.4, 0.5) is 0 Å². The third kappa shape index (κ3) is 3.89. The maximum Gasteiger partial charge on any atom is 0.231 e. The number of hydrogen-bond donors (Lipinski definition) is 4. The highest BCUT2D eigenvalue weighted by Crippen LogP contribution is 2.36. The first-order chi connectivity index (χ1) is 15.3. The summed E-state index contributed by atoms with van der Waals surface area (Å²) >= 11 is 1.85. The molecule has 8 nitrogen and oxygen atoms in total. The maximum atomic E-state index is 5.58. The number of ether oxygens (including phenoxy) is 2. The number of benzene rings is 2. The van der Waals surface area contributed by atoms with Crippen molar-refractivity contribution in [2.45, 2.75) is 37.4 Å². The summed E-state index contributed by atoms with van der Waals surface area (Å²) in [6.45, 7) is 2.41. The van der Waals surface area contributed by atoms with Gasteiger partial charge in [-0.05, 0) is 62.2 Å². The molecular weight excluding hydrogens is 412 g/mol. The molecule has 162 valence electrons. The molecule has 1 atom stereocenters. The molecule has 31 heavy (non-hydrogen) atoms. The van der Waals surface area contributed by atoms with Crippen LogP contribution in [0.15, 0.2) is 42.5 Å². The zero-order valence-electron chi connectivity index (χ0n) is 17.1. The number of hydrogen-bond acceptors (Lipinski definition) is 9. The summed E-state index contributed by atoms with van der Waals surface area (Å²) in [7, 11) is 0. The lowest BCUT2D eigenvalue weighted by Crippen LogP contribution is -2.56. The summed E-state index contributed by atoms with van der Waals surface area (Å²) < 4.78 is 12.3. The zero-order chi connectivity index (χ0) is 20.6. The lowest BCUT2D eigenvalue weighted by Gasteiger charge is -2.39. The van der Waals surface area contributed by atoms with Crippen LogP contribution in [-0.2, 0) is 6.42 Å². The highest BCUT2D eigenvalue weighted by Gasteiger charge is 2.34. The smallest absolute Gasteiger partial charge is 0.231 e. The number of likely N-dealkylation sites (tertiary alicyclic amines) is 1. The molecule has 3 aliphatic heterocycles. The van der Waals surface area contributed by atoms with Gasteiger partial charge in [-0.3, -0.25) is 4.90 Å². The Morgan fingerprint density at radius 3 is 2.68 bits per heavy atom. The average molecular weight is 439 g/mol. The molecule has 2 fully saturated rings. The van der Waals surface area contributed by atoms with E-state index in [0.29, 0.717) is 18.8 Å². The molecule has 0 amide bonds. The molecule has 0 aliphatic carbocycles. The van der Waals surface area contributed by atoms with Crippen molar-refractivity contribution in [3.63, 3.8) is 0 Å². The normalized spacial score (nSPS) is 21.2. The quantitative estimate of drug-likeness (QED) is 0.483. The maximum absolute atomic E-state index is 5.58. The minimum atomic E-state index is 0.101. The lowest BCUT2D eigenvalue weighted by molar-refractivity contribution is 0.117. The monoisotopic (exact) mass is 438 g/mol. The molecule has 3 aromatic rings. The summed E-state index contributed by atoms with van der Waals surface area (Å²) in [4.78, 5) is 7.51. The van der Waals surface area contributed by atoms with Gasteiger partial charge in [-0.2, -0.15) is 11.1 Å². The van der Waals surface area contributed by atoms with E-state index in [0.717, 1.165) is 49.4 Å². The highest BCUT2D eigenvalue weighted by atomic mass is 32.1. The number of aromatic nitrogens is 1. The standard InChI is InChI=1S/C22H26N6O2S/c1-2-4-20-16(3-1)23-22(31-20)15-7-9-28(10-8-15)17(21-24-26-27-25-21)11-14-5-6-18-19(12-14)30-13-29-18/h1-6,12,15,17,21,24-27H,7-11,13H2. The Morgan fingerprint density at radius 2 is 1.84 bits per heavy atom. The van der Waals surface area contributed by atoms with E-state index in [2.05, 4.69) is 63.2 Å². The van der Waals surface area contributed by atoms with Crippen LogP contribution in [0.5, 0.6) is 11.5 Å². The second kappa shape index (κ2) is 8.34. The van der Waals surface area contributed by atoms with Crippen LogP contribution in [0, 0.1) is 0 Å². The van der Waals surface area contributed by atoms with Crippen molar-refractivity contribution < 1.29 is 9.47 Å². The molecular formula is C22H26N6O2S. The van der Waals surface area contributed by atoms with Crippen LogP contribution in [-0.4, -0.2) is 42.0 Å². The molecule has 0 spiro atoms.